The quantitative estimate of drug-likeness (QED) is 0.195. The number of aliphatic hydroxyl groups is 1. The van der Waals surface area contributed by atoms with Crippen LogP contribution < -0.4 is 23.8 Å². The average Bonchev–Trinajstić information content (AvgIpc) is 3.22. The van der Waals surface area contributed by atoms with E-state index in [4.69, 9.17) is 18.9 Å². The molecule has 8 nitrogen and oxygen atoms in total. The number of rotatable bonds is 9. The largest absolute Gasteiger partial charge is 0.507 e. The summed E-state index contributed by atoms with van der Waals surface area (Å²) in [6.07, 6.45) is 0. The fourth-order valence-corrected chi connectivity index (χ4v) is 5.05. The van der Waals surface area contributed by atoms with Crippen molar-refractivity contribution in [1.29, 1.82) is 0 Å². The molecule has 1 amide bonds. The third kappa shape index (κ3) is 5.09. The molecule has 1 aliphatic heterocycles. The molecule has 0 spiro atoms. The van der Waals surface area contributed by atoms with E-state index in [1.165, 1.54) is 19.1 Å². The maximum atomic E-state index is 13.7. The van der Waals surface area contributed by atoms with Crippen LogP contribution in [-0.2, 0) is 9.59 Å². The van der Waals surface area contributed by atoms with Crippen molar-refractivity contribution in [3.63, 3.8) is 0 Å². The molecular weight excluding hydrogens is 510 g/mol. The molecule has 1 saturated heterocycles. The van der Waals surface area contributed by atoms with Crippen LogP contribution >= 0.6 is 0 Å². The highest BCUT2D eigenvalue weighted by Crippen LogP contribution is 2.45. The third-order valence-corrected chi connectivity index (χ3v) is 7.03. The molecule has 40 heavy (non-hydrogen) atoms. The Bertz CT molecular complexity index is 1470. The minimum absolute atomic E-state index is 0.0259. The van der Waals surface area contributed by atoms with Gasteiger partial charge in [-0.3, -0.25) is 14.5 Å². The summed E-state index contributed by atoms with van der Waals surface area (Å²) in [7, 11) is 4.64. The van der Waals surface area contributed by atoms with E-state index in [-0.39, 0.29) is 17.3 Å². The maximum Gasteiger partial charge on any atom is 0.300 e. The fourth-order valence-electron chi connectivity index (χ4n) is 5.05. The topological polar surface area (TPSA) is 94.5 Å². The van der Waals surface area contributed by atoms with E-state index in [0.29, 0.717) is 52.0 Å². The van der Waals surface area contributed by atoms with E-state index < -0.39 is 17.7 Å². The Balaban J connectivity index is 2.01. The number of hydrogen-bond acceptors (Lipinski definition) is 7. The number of aliphatic hydroxyl groups excluding tert-OH is 1. The molecule has 0 aromatic heterocycles. The molecule has 1 fully saturated rings. The Labute approximate surface area is 234 Å². The summed E-state index contributed by atoms with van der Waals surface area (Å²) in [4.78, 5) is 28.8. The molecule has 210 valence electrons. The highest BCUT2D eigenvalue weighted by Gasteiger charge is 2.47. The first-order valence-corrected chi connectivity index (χ1v) is 13.1. The van der Waals surface area contributed by atoms with Gasteiger partial charge in [0.2, 0.25) is 0 Å². The zero-order valence-corrected chi connectivity index (χ0v) is 23.9. The number of hydrogen-bond donors (Lipinski definition) is 1. The number of ketones is 1. The van der Waals surface area contributed by atoms with Crippen LogP contribution in [0.2, 0.25) is 0 Å². The van der Waals surface area contributed by atoms with E-state index in [1.54, 1.807) is 49.6 Å². The number of amides is 1. The summed E-state index contributed by atoms with van der Waals surface area (Å²) in [5, 5.41) is 11.8. The van der Waals surface area contributed by atoms with Crippen LogP contribution in [0.5, 0.6) is 23.0 Å². The lowest BCUT2D eigenvalue weighted by Crippen LogP contribution is -2.29. The molecule has 1 atom stereocenters. The molecule has 4 rings (SSSR count). The van der Waals surface area contributed by atoms with Crippen LogP contribution in [0.15, 0.2) is 60.2 Å². The Kier molecular flexibility index (Phi) is 8.38. The lowest BCUT2D eigenvalue weighted by atomic mass is 9.91. The predicted octanol–water partition coefficient (Wildman–Crippen LogP) is 6.17. The van der Waals surface area contributed by atoms with Gasteiger partial charge in [-0.2, -0.15) is 0 Å². The van der Waals surface area contributed by atoms with Crippen molar-refractivity contribution >= 4 is 23.1 Å². The van der Waals surface area contributed by atoms with Gasteiger partial charge in [0.1, 0.15) is 17.3 Å². The van der Waals surface area contributed by atoms with E-state index in [1.807, 2.05) is 39.8 Å². The first-order chi connectivity index (χ1) is 19.2. The van der Waals surface area contributed by atoms with Gasteiger partial charge in [-0.25, -0.2) is 0 Å². The second kappa shape index (κ2) is 11.7. The minimum atomic E-state index is -0.944. The zero-order chi connectivity index (χ0) is 29.1. The molecule has 1 heterocycles. The van der Waals surface area contributed by atoms with Gasteiger partial charge in [0.05, 0.1) is 39.6 Å². The van der Waals surface area contributed by atoms with Crippen molar-refractivity contribution in [2.45, 2.75) is 39.7 Å². The molecule has 3 aromatic rings. The van der Waals surface area contributed by atoms with Gasteiger partial charge in [0.15, 0.2) is 11.5 Å². The number of benzene rings is 3. The van der Waals surface area contributed by atoms with Crippen LogP contribution in [-0.4, -0.2) is 44.7 Å². The molecule has 0 aliphatic carbocycles. The number of anilines is 1. The van der Waals surface area contributed by atoms with Gasteiger partial charge < -0.3 is 24.1 Å². The monoisotopic (exact) mass is 545 g/mol. The third-order valence-electron chi connectivity index (χ3n) is 7.03. The summed E-state index contributed by atoms with van der Waals surface area (Å²) in [5.41, 5.74) is 3.03. The number of carbonyl (C=O) groups excluding carboxylic acids is 2. The molecule has 1 N–H and O–H groups in total. The molecule has 0 saturated carbocycles. The number of aryl methyl sites for hydroxylation is 1. The minimum Gasteiger partial charge on any atom is -0.507 e. The first kappa shape index (κ1) is 28.5. The van der Waals surface area contributed by atoms with Crippen molar-refractivity contribution in [2.24, 2.45) is 0 Å². The number of Topliss-reactive ketones (excluding diaryl/α,β-unsaturated/α-hetero) is 1. The van der Waals surface area contributed by atoms with Crippen LogP contribution in [0.4, 0.5) is 5.69 Å². The average molecular weight is 546 g/mol. The summed E-state index contributed by atoms with van der Waals surface area (Å²) in [6.45, 7) is 8.17. The van der Waals surface area contributed by atoms with Crippen molar-refractivity contribution in [2.75, 3.05) is 32.8 Å². The van der Waals surface area contributed by atoms with Crippen molar-refractivity contribution in [3.05, 3.63) is 82.4 Å². The SMILES string of the molecule is CCOc1cccc(N2C(=O)C(=O)/C(=C(/O)c3cc(C(C)C)c(OC)cc3C)C2c2ccc(OC)c(OC)c2)c1. The van der Waals surface area contributed by atoms with Crippen molar-refractivity contribution < 1.29 is 33.6 Å². The second-order valence-electron chi connectivity index (χ2n) is 9.78. The van der Waals surface area contributed by atoms with Gasteiger partial charge in [0, 0.05) is 17.3 Å². The van der Waals surface area contributed by atoms with Gasteiger partial charge in [-0.1, -0.05) is 26.0 Å². The molecule has 8 heteroatoms. The molecular formula is C32H35NO7. The summed E-state index contributed by atoms with van der Waals surface area (Å²) < 4.78 is 22.2. The standard InChI is InChI=1S/C32H35NO7/c1-8-40-22-11-9-10-21(16-22)33-29(20-12-13-25(37-5)27(15-20)39-7)28(31(35)32(33)36)30(34)24-17-23(18(2)3)26(38-6)14-19(24)4/h9-18,29,34H,8H2,1-7H3/b30-28+. The summed E-state index contributed by atoms with van der Waals surface area (Å²) in [6, 6.07) is 14.9. The van der Waals surface area contributed by atoms with Crippen LogP contribution in [0.1, 0.15) is 55.0 Å². The first-order valence-electron chi connectivity index (χ1n) is 13.1. The van der Waals surface area contributed by atoms with Gasteiger partial charge >= 0.3 is 0 Å². The van der Waals surface area contributed by atoms with Gasteiger partial charge in [-0.15, -0.1) is 0 Å². The molecule has 0 radical (unpaired) electrons. The molecule has 1 unspecified atom stereocenters. The van der Waals surface area contributed by atoms with Crippen LogP contribution in [0, 0.1) is 6.92 Å². The van der Waals surface area contributed by atoms with Crippen LogP contribution in [0.3, 0.4) is 0 Å². The summed E-state index contributed by atoms with van der Waals surface area (Å²) >= 11 is 0. The van der Waals surface area contributed by atoms with Gasteiger partial charge in [-0.05, 0) is 72.9 Å². The van der Waals surface area contributed by atoms with Crippen molar-refractivity contribution in [3.8, 4) is 23.0 Å². The smallest absolute Gasteiger partial charge is 0.300 e. The Morgan fingerprint density at radius 3 is 2.25 bits per heavy atom. The number of nitrogens with zero attached hydrogens (tertiary/aromatic N) is 1. The highest BCUT2D eigenvalue weighted by atomic mass is 16.5. The molecule has 3 aromatic carbocycles. The highest BCUT2D eigenvalue weighted by molar-refractivity contribution is 6.51. The van der Waals surface area contributed by atoms with Gasteiger partial charge in [0.25, 0.3) is 11.7 Å². The number of carbonyl (C=O) groups is 2. The van der Waals surface area contributed by atoms with E-state index in [0.717, 1.165) is 5.56 Å². The Morgan fingerprint density at radius 1 is 0.925 bits per heavy atom. The predicted molar refractivity (Wildman–Crippen MR) is 154 cm³/mol. The molecule has 1 aliphatic rings. The van der Waals surface area contributed by atoms with Crippen LogP contribution in [0.25, 0.3) is 5.76 Å². The Hall–Kier alpha value is -4.46. The maximum absolute atomic E-state index is 13.7. The van der Waals surface area contributed by atoms with E-state index in [9.17, 15) is 14.7 Å². The second-order valence-corrected chi connectivity index (χ2v) is 9.78. The Morgan fingerprint density at radius 2 is 1.62 bits per heavy atom. The fraction of sp³-hybridized carbons (Fsp3) is 0.312. The van der Waals surface area contributed by atoms with E-state index >= 15 is 0 Å². The summed E-state index contributed by atoms with van der Waals surface area (Å²) in [5.74, 6) is 0.446. The lowest BCUT2D eigenvalue weighted by Gasteiger charge is -2.26. The molecule has 0 bridgehead atoms. The lowest BCUT2D eigenvalue weighted by molar-refractivity contribution is -0.132. The number of methoxy groups -OCH3 is 3. The zero-order valence-electron chi connectivity index (χ0n) is 23.9. The van der Waals surface area contributed by atoms with E-state index in [2.05, 4.69) is 0 Å². The van der Waals surface area contributed by atoms with Crippen molar-refractivity contribution in [1.82, 2.24) is 0 Å². The normalized spacial score (nSPS) is 16.4. The number of ether oxygens (including phenoxy) is 4.